The van der Waals surface area contributed by atoms with Crippen molar-refractivity contribution in [2.45, 2.75) is 31.3 Å². The Morgan fingerprint density at radius 3 is 2.79 bits per heavy atom. The lowest BCUT2D eigenvalue weighted by molar-refractivity contribution is -0.120. The van der Waals surface area contributed by atoms with Crippen LogP contribution in [-0.4, -0.2) is 21.9 Å². The molecule has 2 atom stereocenters. The van der Waals surface area contributed by atoms with E-state index in [1.807, 2.05) is 6.92 Å². The lowest BCUT2D eigenvalue weighted by Crippen LogP contribution is -2.36. The van der Waals surface area contributed by atoms with Crippen molar-refractivity contribution < 1.29 is 13.4 Å². The topological polar surface area (TPSA) is 46.2 Å². The van der Waals surface area contributed by atoms with Gasteiger partial charge in [0, 0.05) is 22.4 Å². The number of hydrogen-bond donors (Lipinski definition) is 1. The third kappa shape index (κ3) is 4.91. The summed E-state index contributed by atoms with van der Waals surface area (Å²) in [7, 11) is -1.39. The van der Waals surface area contributed by atoms with Crippen LogP contribution in [0.2, 0.25) is 5.02 Å². The lowest BCUT2D eigenvalue weighted by Gasteiger charge is -2.12. The van der Waals surface area contributed by atoms with Crippen LogP contribution in [0.15, 0.2) is 18.2 Å². The molecule has 1 aromatic rings. The van der Waals surface area contributed by atoms with Crippen LogP contribution in [0.5, 0.6) is 0 Å². The van der Waals surface area contributed by atoms with Crippen molar-refractivity contribution in [2.75, 3.05) is 6.54 Å². The van der Waals surface area contributed by atoms with Crippen LogP contribution in [0, 0.1) is 5.82 Å². The molecule has 1 amide bonds. The number of carbonyl (C=O) groups is 1. The van der Waals surface area contributed by atoms with Crippen LogP contribution < -0.4 is 5.32 Å². The molecule has 0 heterocycles. The number of carbonyl (C=O) groups excluding carboxylic acids is 1. The summed E-state index contributed by atoms with van der Waals surface area (Å²) in [4.78, 5) is 11.7. The summed E-state index contributed by atoms with van der Waals surface area (Å²) in [6, 6.07) is 3.93. The molecule has 1 rings (SSSR count). The second-order valence-electron chi connectivity index (χ2n) is 4.19. The summed E-state index contributed by atoms with van der Waals surface area (Å²) in [6.07, 6.45) is 0.828. The molecule has 6 heteroatoms. The Labute approximate surface area is 120 Å². The van der Waals surface area contributed by atoms with E-state index in [9.17, 15) is 13.4 Å². The molecule has 106 valence electrons. The fraction of sp³-hybridized carbons (Fsp3) is 0.462. The first-order valence-corrected chi connectivity index (χ1v) is 7.80. The highest BCUT2D eigenvalue weighted by Gasteiger charge is 2.20. The number of halogens is 2. The number of hydrogen-bond acceptors (Lipinski definition) is 2. The van der Waals surface area contributed by atoms with Gasteiger partial charge < -0.3 is 5.32 Å². The van der Waals surface area contributed by atoms with Crippen molar-refractivity contribution in [1.82, 2.24) is 5.32 Å². The molecule has 0 saturated heterocycles. The zero-order chi connectivity index (χ0) is 14.4. The number of benzene rings is 1. The maximum absolute atomic E-state index is 12.9. The highest BCUT2D eigenvalue weighted by molar-refractivity contribution is 7.85. The SMILES string of the molecule is CCCNC(=O)C(C)S(=O)Cc1ccc(F)cc1Cl. The third-order valence-electron chi connectivity index (χ3n) is 2.63. The first kappa shape index (κ1) is 16.1. The summed E-state index contributed by atoms with van der Waals surface area (Å²) in [5.41, 5.74) is 0.580. The van der Waals surface area contributed by atoms with Gasteiger partial charge in [-0.15, -0.1) is 0 Å². The Morgan fingerprint density at radius 1 is 1.53 bits per heavy atom. The fourth-order valence-corrected chi connectivity index (χ4v) is 2.87. The molecule has 0 aromatic heterocycles. The fourth-order valence-electron chi connectivity index (χ4n) is 1.43. The molecule has 0 aliphatic rings. The largest absolute Gasteiger partial charge is 0.355 e. The molecule has 0 saturated carbocycles. The second kappa shape index (κ2) is 7.60. The predicted octanol–water partition coefficient (Wildman–Crippen LogP) is 2.64. The van der Waals surface area contributed by atoms with E-state index in [-0.39, 0.29) is 16.7 Å². The molecular formula is C13H17ClFNO2S. The zero-order valence-electron chi connectivity index (χ0n) is 10.9. The molecule has 1 N–H and O–H groups in total. The summed E-state index contributed by atoms with van der Waals surface area (Å²) >= 11 is 5.87. The molecule has 0 spiro atoms. The number of nitrogens with one attached hydrogen (secondary N) is 1. The van der Waals surface area contributed by atoms with Crippen LogP contribution >= 0.6 is 11.6 Å². The maximum Gasteiger partial charge on any atom is 0.235 e. The Morgan fingerprint density at radius 2 is 2.21 bits per heavy atom. The monoisotopic (exact) mass is 305 g/mol. The van der Waals surface area contributed by atoms with E-state index in [2.05, 4.69) is 5.32 Å². The van der Waals surface area contributed by atoms with Crippen LogP contribution in [0.1, 0.15) is 25.8 Å². The minimum Gasteiger partial charge on any atom is -0.355 e. The molecule has 3 nitrogen and oxygen atoms in total. The normalized spacial score (nSPS) is 13.9. The maximum atomic E-state index is 12.9. The van der Waals surface area contributed by atoms with Gasteiger partial charge in [0.15, 0.2) is 0 Å². The Balaban J connectivity index is 2.66. The van der Waals surface area contributed by atoms with Crippen molar-refractivity contribution in [3.63, 3.8) is 0 Å². The van der Waals surface area contributed by atoms with E-state index in [0.717, 1.165) is 6.42 Å². The van der Waals surface area contributed by atoms with Crippen LogP contribution in [0.25, 0.3) is 0 Å². The van der Waals surface area contributed by atoms with Crippen molar-refractivity contribution in [3.05, 3.63) is 34.6 Å². The van der Waals surface area contributed by atoms with Crippen molar-refractivity contribution in [3.8, 4) is 0 Å². The van der Waals surface area contributed by atoms with Crippen LogP contribution in [0.4, 0.5) is 4.39 Å². The first-order valence-electron chi connectivity index (χ1n) is 6.04. The van der Waals surface area contributed by atoms with Gasteiger partial charge in [-0.1, -0.05) is 24.6 Å². The van der Waals surface area contributed by atoms with Gasteiger partial charge in [-0.05, 0) is 31.0 Å². The van der Waals surface area contributed by atoms with Gasteiger partial charge in [-0.25, -0.2) is 4.39 Å². The Bertz CT molecular complexity index is 482. The minimum atomic E-state index is -1.39. The summed E-state index contributed by atoms with van der Waals surface area (Å²) in [6.45, 7) is 4.12. The second-order valence-corrected chi connectivity index (χ2v) is 6.36. The molecular weight excluding hydrogens is 289 g/mol. The van der Waals surface area contributed by atoms with E-state index in [1.54, 1.807) is 6.92 Å². The van der Waals surface area contributed by atoms with E-state index in [4.69, 9.17) is 11.6 Å². The molecule has 0 radical (unpaired) electrons. The quantitative estimate of drug-likeness (QED) is 0.878. The molecule has 0 fully saturated rings. The highest BCUT2D eigenvalue weighted by atomic mass is 35.5. The van der Waals surface area contributed by atoms with Gasteiger partial charge in [0.05, 0.1) is 5.75 Å². The van der Waals surface area contributed by atoms with E-state index >= 15 is 0 Å². The van der Waals surface area contributed by atoms with Crippen LogP contribution in [-0.2, 0) is 21.3 Å². The van der Waals surface area contributed by atoms with Gasteiger partial charge in [-0.3, -0.25) is 9.00 Å². The Hall–Kier alpha value is -0.940. The van der Waals surface area contributed by atoms with Gasteiger partial charge in [-0.2, -0.15) is 0 Å². The number of amides is 1. The van der Waals surface area contributed by atoms with Crippen molar-refractivity contribution in [1.29, 1.82) is 0 Å². The molecule has 0 bridgehead atoms. The lowest BCUT2D eigenvalue weighted by atomic mass is 10.2. The highest BCUT2D eigenvalue weighted by Crippen LogP contribution is 2.19. The van der Waals surface area contributed by atoms with Crippen molar-refractivity contribution >= 4 is 28.3 Å². The molecule has 0 aliphatic heterocycles. The third-order valence-corrected chi connectivity index (χ3v) is 4.58. The molecule has 2 unspecified atom stereocenters. The number of rotatable bonds is 6. The van der Waals surface area contributed by atoms with Gasteiger partial charge in [0.2, 0.25) is 5.91 Å². The van der Waals surface area contributed by atoms with E-state index in [1.165, 1.54) is 18.2 Å². The van der Waals surface area contributed by atoms with Crippen LogP contribution in [0.3, 0.4) is 0 Å². The average Bonchev–Trinajstić information content (AvgIpc) is 2.38. The van der Waals surface area contributed by atoms with E-state index < -0.39 is 21.9 Å². The Kier molecular flexibility index (Phi) is 6.45. The molecule has 0 aliphatic carbocycles. The van der Waals surface area contributed by atoms with Gasteiger partial charge in [0.1, 0.15) is 11.1 Å². The smallest absolute Gasteiger partial charge is 0.235 e. The van der Waals surface area contributed by atoms with Gasteiger partial charge in [0.25, 0.3) is 0 Å². The van der Waals surface area contributed by atoms with E-state index in [0.29, 0.717) is 12.1 Å². The standard InChI is InChI=1S/C13H17ClFNO2S/c1-3-6-16-13(17)9(2)19(18)8-10-4-5-11(15)7-12(10)14/h4-5,7,9H,3,6,8H2,1-2H3,(H,16,17). The molecule has 19 heavy (non-hydrogen) atoms. The molecule has 1 aromatic carbocycles. The zero-order valence-corrected chi connectivity index (χ0v) is 12.5. The predicted molar refractivity (Wildman–Crippen MR) is 76.0 cm³/mol. The summed E-state index contributed by atoms with van der Waals surface area (Å²) in [5, 5.41) is 2.31. The van der Waals surface area contributed by atoms with Crippen molar-refractivity contribution in [2.24, 2.45) is 0 Å². The minimum absolute atomic E-state index is 0.139. The summed E-state index contributed by atoms with van der Waals surface area (Å²) in [5.74, 6) is -0.536. The first-order chi connectivity index (χ1) is 8.95. The average molecular weight is 306 g/mol. The summed E-state index contributed by atoms with van der Waals surface area (Å²) < 4.78 is 24.9. The van der Waals surface area contributed by atoms with Gasteiger partial charge >= 0.3 is 0 Å².